The molecule has 98 valence electrons. The smallest absolute Gasteiger partial charge is 0.208 e. The van der Waals surface area contributed by atoms with Crippen LogP contribution in [0.3, 0.4) is 0 Å². The third-order valence-electron chi connectivity index (χ3n) is 2.99. The summed E-state index contributed by atoms with van der Waals surface area (Å²) in [6, 6.07) is 12.6. The molecule has 0 aromatic heterocycles. The lowest BCUT2D eigenvalue weighted by Crippen LogP contribution is -2.28. The third kappa shape index (κ3) is 3.54. The highest BCUT2D eigenvalue weighted by molar-refractivity contribution is 8.42. The zero-order chi connectivity index (χ0) is 13.8. The molecule has 2 aromatic rings. The van der Waals surface area contributed by atoms with Gasteiger partial charge in [0.2, 0.25) is 0 Å². The first-order chi connectivity index (χ1) is 9.09. The lowest BCUT2D eigenvalue weighted by molar-refractivity contribution is 0.585. The minimum absolute atomic E-state index is 0.0720. The highest BCUT2D eigenvalue weighted by atomic mass is 32.2. The summed E-state index contributed by atoms with van der Waals surface area (Å²) < 4.78 is 27.7. The largest absolute Gasteiger partial charge is 0.307 e. The zero-order valence-electron chi connectivity index (χ0n) is 10.2. The van der Waals surface area contributed by atoms with Crippen molar-refractivity contribution in [3.8, 4) is 0 Å². The van der Waals surface area contributed by atoms with E-state index in [-0.39, 0.29) is 5.46 Å². The Morgan fingerprint density at radius 2 is 1.58 bits per heavy atom. The van der Waals surface area contributed by atoms with Crippen LogP contribution in [0, 0.1) is 11.6 Å². The topological polar surface area (TPSA) is 0 Å². The van der Waals surface area contributed by atoms with E-state index in [2.05, 4.69) is 25.0 Å². The van der Waals surface area contributed by atoms with Crippen LogP contribution in [-0.2, 0) is 12.8 Å². The number of thiol groups is 2. The van der Waals surface area contributed by atoms with E-state index in [0.29, 0.717) is 18.4 Å². The summed E-state index contributed by atoms with van der Waals surface area (Å²) in [7, 11) is 0. The van der Waals surface area contributed by atoms with Gasteiger partial charge in [0.1, 0.15) is 11.6 Å². The first kappa shape index (κ1) is 14.5. The molecule has 0 nitrogen and oxygen atoms in total. The summed E-state index contributed by atoms with van der Waals surface area (Å²) in [5.74, 6) is -1.14. The molecule has 0 aliphatic carbocycles. The summed E-state index contributed by atoms with van der Waals surface area (Å²) in [6.45, 7) is 0. The molecule has 0 fully saturated rings. The average Bonchev–Trinajstić information content (AvgIpc) is 2.38. The van der Waals surface area contributed by atoms with Crippen molar-refractivity contribution in [2.24, 2.45) is 0 Å². The van der Waals surface area contributed by atoms with Gasteiger partial charge in [-0.2, -0.15) is 0 Å². The second-order valence-electron chi connectivity index (χ2n) is 4.29. The number of benzene rings is 2. The van der Waals surface area contributed by atoms with Gasteiger partial charge in [0.15, 0.2) is 0 Å². The normalized spacial score (nSPS) is 10.5. The van der Waals surface area contributed by atoms with Gasteiger partial charge < -0.3 is 0 Å². The van der Waals surface area contributed by atoms with E-state index in [4.69, 9.17) is 0 Å². The zero-order valence-corrected chi connectivity index (χ0v) is 12.0. The molecule has 5 heteroatoms. The van der Waals surface area contributed by atoms with E-state index in [1.54, 1.807) is 0 Å². The van der Waals surface area contributed by atoms with Crippen molar-refractivity contribution in [1.29, 1.82) is 0 Å². The SMILES string of the molecule is Fc1ccc(CCc2ccccc2)c(F)c1B(S)S. The van der Waals surface area contributed by atoms with E-state index >= 15 is 0 Å². The van der Waals surface area contributed by atoms with Crippen molar-refractivity contribution in [3.63, 3.8) is 0 Å². The monoisotopic (exact) mass is 294 g/mol. The molecule has 0 aliphatic heterocycles. The van der Waals surface area contributed by atoms with Crippen molar-refractivity contribution >= 4 is 35.7 Å². The van der Waals surface area contributed by atoms with Gasteiger partial charge in [-0.3, -0.25) is 0 Å². The summed E-state index contributed by atoms with van der Waals surface area (Å²) in [5, 5.41) is -0.753. The predicted octanol–water partition coefficient (Wildman–Crippen LogP) is 3.30. The van der Waals surface area contributed by atoms with Crippen LogP contribution in [-0.4, -0.2) is 5.27 Å². The highest BCUT2D eigenvalue weighted by Crippen LogP contribution is 2.14. The van der Waals surface area contributed by atoms with Gasteiger partial charge in [0, 0.05) is 5.46 Å². The minimum atomic E-state index is -0.753. The molecule has 0 unspecified atom stereocenters. The molecule has 0 saturated heterocycles. The number of rotatable bonds is 4. The van der Waals surface area contributed by atoms with Crippen molar-refractivity contribution in [3.05, 3.63) is 65.2 Å². The summed E-state index contributed by atoms with van der Waals surface area (Å²) in [5.41, 5.74) is 1.55. The fourth-order valence-corrected chi connectivity index (χ4v) is 2.44. The Balaban J connectivity index is 2.20. The Bertz CT molecular complexity index is 559. The maximum atomic E-state index is 14.1. The molecule has 2 aromatic carbocycles. The van der Waals surface area contributed by atoms with Crippen LogP contribution in [0.15, 0.2) is 42.5 Å². The second-order valence-corrected chi connectivity index (χ2v) is 5.73. The van der Waals surface area contributed by atoms with Crippen LogP contribution in [0.2, 0.25) is 0 Å². The van der Waals surface area contributed by atoms with Crippen LogP contribution < -0.4 is 5.46 Å². The molecule has 0 aliphatic rings. The van der Waals surface area contributed by atoms with Gasteiger partial charge in [-0.15, -0.1) is 0 Å². The number of aryl methyl sites for hydroxylation is 2. The van der Waals surface area contributed by atoms with E-state index in [1.807, 2.05) is 30.3 Å². The first-order valence-corrected chi connectivity index (χ1v) is 6.99. The van der Waals surface area contributed by atoms with Crippen molar-refractivity contribution in [1.82, 2.24) is 0 Å². The van der Waals surface area contributed by atoms with Crippen LogP contribution in [0.5, 0.6) is 0 Å². The van der Waals surface area contributed by atoms with Gasteiger partial charge in [-0.05, 0) is 30.0 Å². The van der Waals surface area contributed by atoms with E-state index in [9.17, 15) is 8.78 Å². The molecule has 0 saturated carbocycles. The molecule has 0 heterocycles. The lowest BCUT2D eigenvalue weighted by atomic mass is 9.88. The molecule has 0 bridgehead atoms. The number of hydrogen-bond donors (Lipinski definition) is 2. The molecule has 19 heavy (non-hydrogen) atoms. The Morgan fingerprint density at radius 3 is 2.21 bits per heavy atom. The van der Waals surface area contributed by atoms with Crippen molar-refractivity contribution < 1.29 is 8.78 Å². The standard InChI is InChI=1S/C14H13BF2S2/c16-12-9-8-11(14(17)13(12)15(18)19)7-6-10-4-2-1-3-5-10/h1-5,8-9,18-19H,6-7H2. The lowest BCUT2D eigenvalue weighted by Gasteiger charge is -2.10. The Hall–Kier alpha value is -0.935. The number of halogens is 2. The van der Waals surface area contributed by atoms with Crippen LogP contribution in [0.1, 0.15) is 11.1 Å². The van der Waals surface area contributed by atoms with Gasteiger partial charge in [0.25, 0.3) is 0 Å². The summed E-state index contributed by atoms with van der Waals surface area (Å²) >= 11 is 7.99. The highest BCUT2D eigenvalue weighted by Gasteiger charge is 2.20. The molecule has 0 N–H and O–H groups in total. The maximum absolute atomic E-state index is 14.1. The molecule has 0 amide bonds. The van der Waals surface area contributed by atoms with Crippen LogP contribution >= 0.6 is 25.0 Å². The second kappa shape index (κ2) is 6.48. The Morgan fingerprint density at radius 1 is 0.895 bits per heavy atom. The Labute approximate surface area is 122 Å². The number of hydrogen-bond acceptors (Lipinski definition) is 2. The predicted molar refractivity (Wildman–Crippen MR) is 83.6 cm³/mol. The minimum Gasteiger partial charge on any atom is -0.208 e. The Kier molecular flexibility index (Phi) is 4.94. The van der Waals surface area contributed by atoms with E-state index in [1.165, 1.54) is 12.1 Å². The molecule has 2 rings (SSSR count). The van der Waals surface area contributed by atoms with Crippen LogP contribution in [0.25, 0.3) is 0 Å². The van der Waals surface area contributed by atoms with Gasteiger partial charge >= 0.3 is 5.27 Å². The van der Waals surface area contributed by atoms with E-state index < -0.39 is 16.9 Å². The summed E-state index contributed by atoms with van der Waals surface area (Å²) in [6.07, 6.45) is 1.24. The molecular formula is C14H13BF2S2. The molecule has 0 atom stereocenters. The molecular weight excluding hydrogens is 281 g/mol. The quantitative estimate of drug-likeness (QED) is 0.627. The van der Waals surface area contributed by atoms with Gasteiger partial charge in [-0.25, -0.2) is 33.7 Å². The van der Waals surface area contributed by atoms with Crippen molar-refractivity contribution in [2.45, 2.75) is 12.8 Å². The average molecular weight is 294 g/mol. The fraction of sp³-hybridized carbons (Fsp3) is 0.143. The maximum Gasteiger partial charge on any atom is 0.307 e. The van der Waals surface area contributed by atoms with Gasteiger partial charge in [-0.1, -0.05) is 36.4 Å². The summed E-state index contributed by atoms with van der Waals surface area (Å²) in [4.78, 5) is 0. The fourth-order valence-electron chi connectivity index (χ4n) is 1.97. The van der Waals surface area contributed by atoms with Crippen LogP contribution in [0.4, 0.5) is 8.78 Å². The first-order valence-electron chi connectivity index (χ1n) is 5.96. The van der Waals surface area contributed by atoms with E-state index in [0.717, 1.165) is 5.56 Å². The van der Waals surface area contributed by atoms with Crippen molar-refractivity contribution in [2.75, 3.05) is 0 Å². The third-order valence-corrected chi connectivity index (χ3v) is 3.51. The molecule has 0 radical (unpaired) electrons. The van der Waals surface area contributed by atoms with Gasteiger partial charge in [0.05, 0.1) is 0 Å². The molecule has 0 spiro atoms.